The molecule has 4 unspecified atom stereocenters. The molecule has 0 bridgehead atoms. The molecule has 0 aromatic rings. The number of carboxylic acid groups (broad SMARTS) is 1. The van der Waals surface area contributed by atoms with E-state index in [1.54, 1.807) is 6.92 Å². The van der Waals surface area contributed by atoms with Crippen molar-refractivity contribution in [3.05, 3.63) is 0 Å². The van der Waals surface area contributed by atoms with Crippen molar-refractivity contribution < 1.29 is 29.1 Å². The lowest BCUT2D eigenvalue weighted by Gasteiger charge is -2.25. The molecule has 4 atom stereocenters. The van der Waals surface area contributed by atoms with Gasteiger partial charge in [0.05, 0.1) is 12.6 Å². The van der Waals surface area contributed by atoms with Gasteiger partial charge >= 0.3 is 5.97 Å². The van der Waals surface area contributed by atoms with E-state index in [0.29, 0.717) is 12.8 Å². The number of carbonyl (C=O) groups excluding carboxylic acids is 4. The number of hydrogen-bond donors (Lipinski definition) is 6. The average molecular weight is 413 g/mol. The molecule has 0 aliphatic carbocycles. The molecule has 164 valence electrons. The molecule has 4 amide bonds. The normalized spacial score (nSPS) is 18.9. The summed E-state index contributed by atoms with van der Waals surface area (Å²) in [7, 11) is 0. The molecule has 1 aliphatic heterocycles. The molecular weight excluding hydrogens is 382 g/mol. The molecule has 11 nitrogen and oxygen atoms in total. The quantitative estimate of drug-likeness (QED) is 0.219. The predicted octanol–water partition coefficient (Wildman–Crippen LogP) is -1.78. The van der Waals surface area contributed by atoms with Crippen molar-refractivity contribution in [3.63, 3.8) is 0 Å². The van der Waals surface area contributed by atoms with E-state index in [2.05, 4.69) is 21.3 Å². The van der Waals surface area contributed by atoms with Gasteiger partial charge < -0.3 is 32.1 Å². The molecule has 1 saturated heterocycles. The number of carboxylic acids is 1. The lowest BCUT2D eigenvalue weighted by molar-refractivity contribution is -0.143. The predicted molar refractivity (Wildman–Crippen MR) is 103 cm³/mol. The molecule has 0 radical (unpaired) electrons. The van der Waals surface area contributed by atoms with E-state index in [-0.39, 0.29) is 37.3 Å². The third kappa shape index (κ3) is 8.46. The van der Waals surface area contributed by atoms with Gasteiger partial charge in [0.25, 0.3) is 0 Å². The summed E-state index contributed by atoms with van der Waals surface area (Å²) in [5.74, 6) is -3.76. The zero-order chi connectivity index (χ0) is 22.0. The van der Waals surface area contributed by atoms with E-state index in [9.17, 15) is 29.1 Å². The SMILES string of the molecule is CCC(C)C(NC(=O)CNC(=O)C1CCCN1)C(=O)NC(CCC(N)=O)C(=O)O. The molecule has 1 heterocycles. The molecule has 1 fully saturated rings. The van der Waals surface area contributed by atoms with Crippen LogP contribution in [0.5, 0.6) is 0 Å². The molecule has 0 aromatic heterocycles. The molecule has 1 aliphatic rings. The van der Waals surface area contributed by atoms with Crippen LogP contribution in [0.15, 0.2) is 0 Å². The second-order valence-electron chi connectivity index (χ2n) is 7.20. The molecule has 0 aromatic carbocycles. The molecular formula is C18H31N5O6. The van der Waals surface area contributed by atoms with E-state index in [4.69, 9.17) is 5.73 Å². The third-order valence-corrected chi connectivity index (χ3v) is 4.91. The Labute approximate surface area is 169 Å². The zero-order valence-electron chi connectivity index (χ0n) is 16.8. The molecule has 29 heavy (non-hydrogen) atoms. The number of carbonyl (C=O) groups is 5. The summed E-state index contributed by atoms with van der Waals surface area (Å²) >= 11 is 0. The highest BCUT2D eigenvalue weighted by Crippen LogP contribution is 2.09. The Morgan fingerprint density at radius 2 is 1.90 bits per heavy atom. The van der Waals surface area contributed by atoms with Crippen LogP contribution in [0.3, 0.4) is 0 Å². The second-order valence-corrected chi connectivity index (χ2v) is 7.20. The minimum absolute atomic E-state index is 0.151. The first-order valence-corrected chi connectivity index (χ1v) is 9.77. The lowest BCUT2D eigenvalue weighted by atomic mass is 9.97. The van der Waals surface area contributed by atoms with Crippen LogP contribution in [0.25, 0.3) is 0 Å². The fourth-order valence-electron chi connectivity index (χ4n) is 2.93. The van der Waals surface area contributed by atoms with Gasteiger partial charge in [-0.2, -0.15) is 0 Å². The van der Waals surface area contributed by atoms with E-state index >= 15 is 0 Å². The lowest BCUT2D eigenvalue weighted by Crippen LogP contribution is -2.55. The van der Waals surface area contributed by atoms with Crippen LogP contribution in [0.2, 0.25) is 0 Å². The van der Waals surface area contributed by atoms with Gasteiger partial charge in [-0.05, 0) is 31.7 Å². The van der Waals surface area contributed by atoms with Crippen molar-refractivity contribution in [1.82, 2.24) is 21.3 Å². The average Bonchev–Trinajstić information content (AvgIpc) is 3.21. The van der Waals surface area contributed by atoms with Gasteiger partial charge in [-0.3, -0.25) is 19.2 Å². The highest BCUT2D eigenvalue weighted by Gasteiger charge is 2.30. The third-order valence-electron chi connectivity index (χ3n) is 4.91. The molecule has 0 saturated carbocycles. The highest BCUT2D eigenvalue weighted by molar-refractivity contribution is 5.92. The van der Waals surface area contributed by atoms with Gasteiger partial charge in [-0.15, -0.1) is 0 Å². The smallest absolute Gasteiger partial charge is 0.326 e. The Hall–Kier alpha value is -2.69. The van der Waals surface area contributed by atoms with Crippen molar-refractivity contribution in [2.75, 3.05) is 13.1 Å². The monoisotopic (exact) mass is 413 g/mol. The maximum absolute atomic E-state index is 12.6. The Kier molecular flexibility index (Phi) is 10.1. The van der Waals surface area contributed by atoms with Gasteiger partial charge in [0, 0.05) is 6.42 Å². The summed E-state index contributed by atoms with van der Waals surface area (Å²) in [5, 5.41) is 19.7. The molecule has 7 N–H and O–H groups in total. The van der Waals surface area contributed by atoms with Crippen molar-refractivity contribution in [1.29, 1.82) is 0 Å². The summed E-state index contributed by atoms with van der Waals surface area (Å²) in [6.07, 6.45) is 1.80. The van der Waals surface area contributed by atoms with Crippen LogP contribution in [0.1, 0.15) is 46.0 Å². The summed E-state index contributed by atoms with van der Waals surface area (Å²) in [6, 6.07) is -2.60. The Balaban J connectivity index is 2.65. The minimum Gasteiger partial charge on any atom is -0.480 e. The van der Waals surface area contributed by atoms with E-state index < -0.39 is 35.8 Å². The molecule has 0 spiro atoms. The van der Waals surface area contributed by atoms with Crippen molar-refractivity contribution in [3.8, 4) is 0 Å². The summed E-state index contributed by atoms with van der Waals surface area (Å²) in [4.78, 5) is 59.0. The summed E-state index contributed by atoms with van der Waals surface area (Å²) < 4.78 is 0. The molecule has 11 heteroatoms. The topological polar surface area (TPSA) is 180 Å². The highest BCUT2D eigenvalue weighted by atomic mass is 16.4. The first kappa shape index (κ1) is 24.3. The van der Waals surface area contributed by atoms with Crippen LogP contribution in [0.4, 0.5) is 0 Å². The number of rotatable bonds is 12. The van der Waals surface area contributed by atoms with Crippen LogP contribution in [-0.2, 0) is 24.0 Å². The largest absolute Gasteiger partial charge is 0.480 e. The van der Waals surface area contributed by atoms with Gasteiger partial charge in [0.15, 0.2) is 0 Å². The van der Waals surface area contributed by atoms with Crippen molar-refractivity contribution in [2.45, 2.75) is 64.1 Å². The Morgan fingerprint density at radius 1 is 1.21 bits per heavy atom. The minimum atomic E-state index is -1.30. The van der Waals surface area contributed by atoms with Gasteiger partial charge in [-0.1, -0.05) is 20.3 Å². The van der Waals surface area contributed by atoms with E-state index in [1.807, 2.05) is 6.92 Å². The van der Waals surface area contributed by atoms with Gasteiger partial charge in [0.2, 0.25) is 23.6 Å². The number of primary amides is 1. The maximum Gasteiger partial charge on any atom is 0.326 e. The number of nitrogens with one attached hydrogen (secondary N) is 4. The number of amides is 4. The Morgan fingerprint density at radius 3 is 2.41 bits per heavy atom. The fraction of sp³-hybridized carbons (Fsp3) is 0.722. The van der Waals surface area contributed by atoms with E-state index in [1.165, 1.54) is 0 Å². The van der Waals surface area contributed by atoms with Crippen molar-refractivity contribution in [2.24, 2.45) is 11.7 Å². The van der Waals surface area contributed by atoms with Crippen molar-refractivity contribution >= 4 is 29.6 Å². The van der Waals surface area contributed by atoms with Gasteiger partial charge in [-0.25, -0.2) is 4.79 Å². The van der Waals surface area contributed by atoms with Crippen LogP contribution in [0, 0.1) is 5.92 Å². The first-order chi connectivity index (χ1) is 13.6. The number of nitrogens with two attached hydrogens (primary N) is 1. The maximum atomic E-state index is 12.6. The Bertz CT molecular complexity index is 620. The zero-order valence-corrected chi connectivity index (χ0v) is 16.8. The van der Waals surface area contributed by atoms with Gasteiger partial charge in [0.1, 0.15) is 12.1 Å². The standard InChI is InChI=1S/C18H31N5O6/c1-3-10(2)15(17(27)22-12(18(28)29)6-7-13(19)24)23-14(25)9-21-16(26)11-5-4-8-20-11/h10-12,15,20H,3-9H2,1-2H3,(H2,19,24)(H,21,26)(H,22,27)(H,23,25)(H,28,29). The van der Waals surface area contributed by atoms with Crippen LogP contribution in [-0.4, -0.2) is 65.9 Å². The molecule has 1 rings (SSSR count). The van der Waals surface area contributed by atoms with E-state index in [0.717, 1.165) is 13.0 Å². The summed E-state index contributed by atoms with van der Waals surface area (Å²) in [6.45, 7) is 4.03. The number of hydrogen-bond acceptors (Lipinski definition) is 6. The van der Waals surface area contributed by atoms with Crippen LogP contribution < -0.4 is 27.0 Å². The summed E-state index contributed by atoms with van der Waals surface area (Å²) in [5.41, 5.74) is 5.03. The van der Waals surface area contributed by atoms with Crippen LogP contribution >= 0.6 is 0 Å². The number of aliphatic carboxylic acids is 1. The fourth-order valence-corrected chi connectivity index (χ4v) is 2.93. The first-order valence-electron chi connectivity index (χ1n) is 9.77. The second kappa shape index (κ2) is 12.0.